The normalized spacial score (nSPS) is 16.0. The second-order valence-corrected chi connectivity index (χ2v) is 10.4. The summed E-state index contributed by atoms with van der Waals surface area (Å²) >= 11 is 0. The molecule has 0 bridgehead atoms. The van der Waals surface area contributed by atoms with E-state index >= 15 is 0 Å². The summed E-state index contributed by atoms with van der Waals surface area (Å²) in [6.45, 7) is 7.42. The fourth-order valence-corrected chi connectivity index (χ4v) is 4.93. The molecule has 0 saturated carbocycles. The number of ether oxygens (including phenoxy) is 2. The Morgan fingerprint density at radius 2 is 1.58 bits per heavy atom. The van der Waals surface area contributed by atoms with Crippen molar-refractivity contribution in [3.63, 3.8) is 0 Å². The first-order valence-electron chi connectivity index (χ1n) is 10.3. The van der Waals surface area contributed by atoms with Crippen molar-refractivity contribution in [1.82, 2.24) is 0 Å². The molecule has 0 radical (unpaired) electrons. The van der Waals surface area contributed by atoms with Gasteiger partial charge in [-0.15, -0.1) is 0 Å². The van der Waals surface area contributed by atoms with E-state index in [2.05, 4.69) is 20.8 Å². The second-order valence-electron chi connectivity index (χ2n) is 8.61. The van der Waals surface area contributed by atoms with Crippen LogP contribution in [0.2, 0.25) is 0 Å². The molecule has 1 saturated heterocycles. The molecule has 162 valence electrons. The average molecular weight is 438 g/mol. The average Bonchev–Trinajstić information content (AvgIpc) is 3.58. The molecule has 1 aliphatic rings. The minimum atomic E-state index is -3.85. The zero-order chi connectivity index (χ0) is 22.1. The number of hydrogen-bond donors (Lipinski definition) is 0. The Morgan fingerprint density at radius 3 is 2.16 bits per heavy atom. The van der Waals surface area contributed by atoms with Crippen LogP contribution in [0.15, 0.2) is 83.8 Å². The van der Waals surface area contributed by atoms with E-state index < -0.39 is 10.0 Å². The number of sulfonamides is 1. The van der Waals surface area contributed by atoms with Gasteiger partial charge in [0.15, 0.2) is 0 Å². The first-order valence-corrected chi connectivity index (χ1v) is 11.8. The predicted molar refractivity (Wildman–Crippen MR) is 123 cm³/mol. The van der Waals surface area contributed by atoms with E-state index in [0.29, 0.717) is 23.7 Å². The minimum Gasteiger partial charge on any atom is -0.491 e. The first-order chi connectivity index (χ1) is 14.8. The molecule has 0 N–H and O–H groups in total. The van der Waals surface area contributed by atoms with Crippen molar-refractivity contribution in [3.8, 4) is 5.75 Å². The van der Waals surface area contributed by atoms with Gasteiger partial charge in [-0.05, 0) is 53.4 Å². The highest BCUT2D eigenvalue weighted by Gasteiger charge is 2.32. The number of epoxide rings is 1. The molecule has 0 amide bonds. The van der Waals surface area contributed by atoms with Crippen molar-refractivity contribution < 1.29 is 17.9 Å². The molecule has 3 aromatic carbocycles. The maximum atomic E-state index is 13.8. The van der Waals surface area contributed by atoms with E-state index in [1.54, 1.807) is 24.3 Å². The number of nitrogens with zero attached hydrogens (tertiary/aromatic N) is 1. The lowest BCUT2D eigenvalue weighted by molar-refractivity contribution is 0.262. The number of anilines is 2. The molecule has 5 nitrogen and oxygen atoms in total. The van der Waals surface area contributed by atoms with Gasteiger partial charge < -0.3 is 9.47 Å². The van der Waals surface area contributed by atoms with E-state index in [-0.39, 0.29) is 16.4 Å². The predicted octanol–water partition coefficient (Wildman–Crippen LogP) is 5.29. The highest BCUT2D eigenvalue weighted by molar-refractivity contribution is 7.93. The van der Waals surface area contributed by atoms with Crippen LogP contribution in [0.1, 0.15) is 26.3 Å². The summed E-state index contributed by atoms with van der Waals surface area (Å²) in [4.78, 5) is 0.241. The van der Waals surface area contributed by atoms with Crippen molar-refractivity contribution in [2.45, 2.75) is 37.2 Å². The minimum absolute atomic E-state index is 0.150. The molecule has 31 heavy (non-hydrogen) atoms. The number of rotatable bonds is 7. The Balaban J connectivity index is 1.86. The Bertz CT molecular complexity index is 1140. The smallest absolute Gasteiger partial charge is 0.268 e. The fraction of sp³-hybridized carbons (Fsp3) is 0.280. The van der Waals surface area contributed by atoms with Crippen LogP contribution in [0.4, 0.5) is 11.4 Å². The molecular formula is C25H27NO4S. The molecule has 0 aromatic heterocycles. The summed E-state index contributed by atoms with van der Waals surface area (Å²) < 4.78 is 40.1. The zero-order valence-electron chi connectivity index (χ0n) is 18.0. The Morgan fingerprint density at radius 1 is 0.968 bits per heavy atom. The summed E-state index contributed by atoms with van der Waals surface area (Å²) in [6, 6.07) is 23.3. The zero-order valence-corrected chi connectivity index (χ0v) is 18.8. The van der Waals surface area contributed by atoms with Gasteiger partial charge in [-0.25, -0.2) is 12.7 Å². The molecule has 1 unspecified atom stereocenters. The highest BCUT2D eigenvalue weighted by Crippen LogP contribution is 2.41. The van der Waals surface area contributed by atoms with Gasteiger partial charge in [0.1, 0.15) is 18.5 Å². The number of hydrogen-bond acceptors (Lipinski definition) is 4. The van der Waals surface area contributed by atoms with Crippen LogP contribution in [0.25, 0.3) is 0 Å². The summed E-state index contributed by atoms with van der Waals surface area (Å²) in [6.07, 6.45) is 0.150. The SMILES string of the molecule is CC(C)(C)c1cc(OCC2CO2)ccc1N(c1ccccc1)S(=O)(=O)c1ccccc1. The summed E-state index contributed by atoms with van der Waals surface area (Å²) in [7, 11) is -3.85. The third-order valence-corrected chi connectivity index (χ3v) is 6.86. The van der Waals surface area contributed by atoms with Gasteiger partial charge in [0.2, 0.25) is 0 Å². The van der Waals surface area contributed by atoms with Crippen LogP contribution >= 0.6 is 0 Å². The van der Waals surface area contributed by atoms with Crippen molar-refractivity contribution >= 4 is 21.4 Å². The van der Waals surface area contributed by atoms with Gasteiger partial charge in [-0.3, -0.25) is 0 Å². The summed E-state index contributed by atoms with van der Waals surface area (Å²) in [5.74, 6) is 0.703. The van der Waals surface area contributed by atoms with Gasteiger partial charge >= 0.3 is 0 Å². The lowest BCUT2D eigenvalue weighted by Gasteiger charge is -2.31. The largest absolute Gasteiger partial charge is 0.491 e. The van der Waals surface area contributed by atoms with Crippen molar-refractivity contribution in [2.24, 2.45) is 0 Å². The van der Waals surface area contributed by atoms with Crippen molar-refractivity contribution in [2.75, 3.05) is 17.5 Å². The fourth-order valence-electron chi connectivity index (χ4n) is 3.40. The molecule has 0 aliphatic carbocycles. The van der Waals surface area contributed by atoms with Gasteiger partial charge in [0, 0.05) is 0 Å². The first kappa shape index (κ1) is 21.4. The molecule has 1 atom stereocenters. The topological polar surface area (TPSA) is 59.1 Å². The van der Waals surface area contributed by atoms with Crippen LogP contribution in [0.5, 0.6) is 5.75 Å². The molecule has 1 fully saturated rings. The van der Waals surface area contributed by atoms with Crippen LogP contribution in [0, 0.1) is 0 Å². The third kappa shape index (κ3) is 4.75. The van der Waals surface area contributed by atoms with Gasteiger partial charge in [0.25, 0.3) is 10.0 Å². The highest BCUT2D eigenvalue weighted by atomic mass is 32.2. The van der Waals surface area contributed by atoms with Crippen molar-refractivity contribution in [3.05, 3.63) is 84.4 Å². The molecular weight excluding hydrogens is 410 g/mol. The molecule has 0 spiro atoms. The van der Waals surface area contributed by atoms with Crippen LogP contribution < -0.4 is 9.04 Å². The quantitative estimate of drug-likeness (QED) is 0.471. The van der Waals surface area contributed by atoms with E-state index in [1.807, 2.05) is 54.6 Å². The third-order valence-electron chi connectivity index (χ3n) is 5.11. The van der Waals surface area contributed by atoms with Crippen LogP contribution in [-0.2, 0) is 20.2 Å². The molecule has 3 aromatic rings. The Hall–Kier alpha value is -2.83. The van der Waals surface area contributed by atoms with Crippen LogP contribution in [0.3, 0.4) is 0 Å². The van der Waals surface area contributed by atoms with Gasteiger partial charge in [-0.1, -0.05) is 57.2 Å². The number of benzene rings is 3. The maximum Gasteiger partial charge on any atom is 0.268 e. The molecule has 4 rings (SSSR count). The Kier molecular flexibility index (Phi) is 5.77. The van der Waals surface area contributed by atoms with Crippen molar-refractivity contribution in [1.29, 1.82) is 0 Å². The van der Waals surface area contributed by atoms with Crippen LogP contribution in [-0.4, -0.2) is 27.7 Å². The standard InChI is InChI=1S/C25H27NO4S/c1-25(2,3)23-16-20(29-17-21-18-30-21)14-15-24(23)26(19-10-6-4-7-11-19)31(27,28)22-12-8-5-9-13-22/h4-16,21H,17-18H2,1-3H3. The maximum absolute atomic E-state index is 13.8. The van der Waals surface area contributed by atoms with E-state index in [1.165, 1.54) is 4.31 Å². The lowest BCUT2D eigenvalue weighted by atomic mass is 9.85. The van der Waals surface area contributed by atoms with Gasteiger partial charge in [-0.2, -0.15) is 0 Å². The lowest BCUT2D eigenvalue weighted by Crippen LogP contribution is -2.29. The van der Waals surface area contributed by atoms with E-state index in [0.717, 1.165) is 12.2 Å². The Labute approximate surface area is 184 Å². The summed E-state index contributed by atoms with van der Waals surface area (Å²) in [5.41, 5.74) is 1.75. The monoisotopic (exact) mass is 437 g/mol. The molecule has 1 aliphatic heterocycles. The van der Waals surface area contributed by atoms with E-state index in [4.69, 9.17) is 9.47 Å². The molecule has 1 heterocycles. The van der Waals surface area contributed by atoms with E-state index in [9.17, 15) is 8.42 Å². The summed E-state index contributed by atoms with van der Waals surface area (Å²) in [5, 5.41) is 0. The second kappa shape index (κ2) is 8.36. The molecule has 6 heteroatoms. The number of para-hydroxylation sites is 1. The van der Waals surface area contributed by atoms with Gasteiger partial charge in [0.05, 0.1) is 22.9 Å².